The van der Waals surface area contributed by atoms with Crippen molar-refractivity contribution in [3.63, 3.8) is 0 Å². The van der Waals surface area contributed by atoms with Crippen LogP contribution in [0.4, 0.5) is 0 Å². The molecule has 0 amide bonds. The van der Waals surface area contributed by atoms with Gasteiger partial charge in [-0.05, 0) is 55.8 Å². The third kappa shape index (κ3) is 3.83. The second-order valence-corrected chi connectivity index (χ2v) is 6.98. The molecule has 1 N–H and O–H groups in total. The molecule has 1 heterocycles. The number of aromatic nitrogens is 1. The Morgan fingerprint density at radius 3 is 2.71 bits per heavy atom. The molecule has 1 aromatic carbocycles. The first-order valence-corrected chi connectivity index (χ1v) is 9.21. The maximum atomic E-state index is 3.49. The summed E-state index contributed by atoms with van der Waals surface area (Å²) in [6, 6.07) is 6.94. The minimum absolute atomic E-state index is 0.971. The van der Waals surface area contributed by atoms with Gasteiger partial charge in [-0.3, -0.25) is 0 Å². The van der Waals surface area contributed by atoms with Gasteiger partial charge in [0.15, 0.2) is 0 Å². The Bertz CT molecular complexity index is 586. The lowest BCUT2D eigenvalue weighted by Gasteiger charge is -2.08. The molecule has 2 rings (SSSR count). The zero-order valence-corrected chi connectivity index (χ0v) is 14.6. The normalized spacial score (nSPS) is 11.4. The van der Waals surface area contributed by atoms with Crippen LogP contribution in [0.2, 0.25) is 0 Å². The van der Waals surface area contributed by atoms with Gasteiger partial charge in [0.05, 0.1) is 0 Å². The first kappa shape index (κ1) is 16.4. The number of fused-ring (bicyclic) bond motifs is 1. The van der Waals surface area contributed by atoms with Gasteiger partial charge in [0.1, 0.15) is 0 Å². The van der Waals surface area contributed by atoms with E-state index in [0.717, 1.165) is 19.6 Å². The number of nitrogens with one attached hydrogen (secondary N) is 1. The largest absolute Gasteiger partial charge is 0.344 e. The summed E-state index contributed by atoms with van der Waals surface area (Å²) < 4.78 is 2.48. The second-order valence-electron chi connectivity index (χ2n) is 5.59. The van der Waals surface area contributed by atoms with E-state index in [9.17, 15) is 0 Å². The minimum Gasteiger partial charge on any atom is -0.344 e. The van der Waals surface area contributed by atoms with Crippen molar-refractivity contribution in [1.82, 2.24) is 9.88 Å². The highest BCUT2D eigenvalue weighted by Crippen LogP contribution is 2.26. The third-order valence-electron chi connectivity index (χ3n) is 4.12. The smallest absolute Gasteiger partial charge is 0.0485 e. The monoisotopic (exact) mass is 304 g/mol. The summed E-state index contributed by atoms with van der Waals surface area (Å²) >= 11 is 2.02. The average Bonchev–Trinajstić information content (AvgIpc) is 2.73. The molecule has 0 atom stereocenters. The Hall–Kier alpha value is -0.930. The highest BCUT2D eigenvalue weighted by molar-refractivity contribution is 7.99. The molecule has 1 aromatic heterocycles. The molecule has 0 aliphatic carbocycles. The zero-order valence-electron chi connectivity index (χ0n) is 13.8. The van der Waals surface area contributed by atoms with Crippen LogP contribution in [0.25, 0.3) is 10.9 Å². The molecule has 2 nitrogen and oxygen atoms in total. The lowest BCUT2D eigenvalue weighted by atomic mass is 10.1. The predicted molar refractivity (Wildman–Crippen MR) is 96.4 cm³/mol. The number of benzene rings is 1. The quantitative estimate of drug-likeness (QED) is 0.723. The van der Waals surface area contributed by atoms with Crippen LogP contribution >= 0.6 is 11.8 Å². The number of hydrogen-bond acceptors (Lipinski definition) is 2. The van der Waals surface area contributed by atoms with Gasteiger partial charge in [-0.15, -0.1) is 0 Å². The topological polar surface area (TPSA) is 17.0 Å². The van der Waals surface area contributed by atoms with Crippen molar-refractivity contribution in [2.24, 2.45) is 0 Å². The van der Waals surface area contributed by atoms with Crippen LogP contribution in [0.15, 0.2) is 18.2 Å². The fourth-order valence-electron chi connectivity index (χ4n) is 2.80. The van der Waals surface area contributed by atoms with E-state index in [4.69, 9.17) is 0 Å². The van der Waals surface area contributed by atoms with E-state index in [1.165, 1.54) is 45.7 Å². The van der Waals surface area contributed by atoms with E-state index in [0.29, 0.717) is 0 Å². The second kappa shape index (κ2) is 7.90. The Morgan fingerprint density at radius 2 is 2.00 bits per heavy atom. The van der Waals surface area contributed by atoms with Crippen LogP contribution in [-0.4, -0.2) is 22.6 Å². The summed E-state index contributed by atoms with van der Waals surface area (Å²) in [5.41, 5.74) is 5.63. The molecule has 0 saturated heterocycles. The van der Waals surface area contributed by atoms with Crippen LogP contribution in [0.1, 0.15) is 37.1 Å². The van der Waals surface area contributed by atoms with Crippen molar-refractivity contribution < 1.29 is 0 Å². The summed E-state index contributed by atoms with van der Waals surface area (Å²) in [4.78, 5) is 0. The van der Waals surface area contributed by atoms with E-state index in [2.05, 4.69) is 55.8 Å². The SMILES string of the molecule is CCCNCc1ccc2c(c1)c(C)c(C)n2CCSCC. The van der Waals surface area contributed by atoms with E-state index in [-0.39, 0.29) is 0 Å². The number of thioether (sulfide) groups is 1. The van der Waals surface area contributed by atoms with Crippen molar-refractivity contribution in [3.8, 4) is 0 Å². The van der Waals surface area contributed by atoms with Gasteiger partial charge in [0.2, 0.25) is 0 Å². The molecule has 0 aliphatic rings. The van der Waals surface area contributed by atoms with E-state index < -0.39 is 0 Å². The van der Waals surface area contributed by atoms with Gasteiger partial charge < -0.3 is 9.88 Å². The Kier molecular flexibility index (Phi) is 6.19. The first-order valence-electron chi connectivity index (χ1n) is 8.05. The lowest BCUT2D eigenvalue weighted by Crippen LogP contribution is -2.13. The lowest BCUT2D eigenvalue weighted by molar-refractivity contribution is 0.676. The zero-order chi connectivity index (χ0) is 15.2. The Balaban J connectivity index is 2.24. The Labute approximate surface area is 133 Å². The van der Waals surface area contributed by atoms with E-state index >= 15 is 0 Å². The Morgan fingerprint density at radius 1 is 1.19 bits per heavy atom. The highest BCUT2D eigenvalue weighted by Gasteiger charge is 2.11. The van der Waals surface area contributed by atoms with E-state index in [1.807, 2.05) is 11.8 Å². The summed E-state index contributed by atoms with van der Waals surface area (Å²) in [6.07, 6.45) is 1.19. The summed E-state index contributed by atoms with van der Waals surface area (Å²) in [7, 11) is 0. The fourth-order valence-corrected chi connectivity index (χ4v) is 3.41. The molecule has 0 fully saturated rings. The number of rotatable bonds is 8. The van der Waals surface area contributed by atoms with Crippen molar-refractivity contribution in [3.05, 3.63) is 35.0 Å². The van der Waals surface area contributed by atoms with Gasteiger partial charge in [-0.2, -0.15) is 11.8 Å². The van der Waals surface area contributed by atoms with Crippen LogP contribution in [0.3, 0.4) is 0 Å². The molecule has 0 bridgehead atoms. The van der Waals surface area contributed by atoms with Gasteiger partial charge >= 0.3 is 0 Å². The molecule has 0 radical (unpaired) electrons. The fraction of sp³-hybridized carbons (Fsp3) is 0.556. The summed E-state index contributed by atoms with van der Waals surface area (Å²) in [6.45, 7) is 12.1. The van der Waals surface area contributed by atoms with Gasteiger partial charge in [-0.1, -0.05) is 19.9 Å². The van der Waals surface area contributed by atoms with Crippen molar-refractivity contribution in [2.45, 2.75) is 47.2 Å². The van der Waals surface area contributed by atoms with Gasteiger partial charge in [0.25, 0.3) is 0 Å². The molecule has 21 heavy (non-hydrogen) atoms. The number of nitrogens with zero attached hydrogens (tertiary/aromatic N) is 1. The van der Waals surface area contributed by atoms with Crippen LogP contribution in [0.5, 0.6) is 0 Å². The predicted octanol–water partition coefficient (Wildman–Crippen LogP) is 4.51. The maximum absolute atomic E-state index is 3.49. The van der Waals surface area contributed by atoms with Crippen molar-refractivity contribution in [2.75, 3.05) is 18.1 Å². The van der Waals surface area contributed by atoms with Gasteiger partial charge in [-0.25, -0.2) is 0 Å². The van der Waals surface area contributed by atoms with Crippen molar-refractivity contribution >= 4 is 22.7 Å². The van der Waals surface area contributed by atoms with Gasteiger partial charge in [0, 0.05) is 35.4 Å². The van der Waals surface area contributed by atoms with Crippen LogP contribution < -0.4 is 5.32 Å². The summed E-state index contributed by atoms with van der Waals surface area (Å²) in [5, 5.41) is 4.91. The van der Waals surface area contributed by atoms with Crippen LogP contribution in [0, 0.1) is 13.8 Å². The minimum atomic E-state index is 0.971. The molecule has 2 aromatic rings. The molecule has 3 heteroatoms. The molecular weight excluding hydrogens is 276 g/mol. The average molecular weight is 305 g/mol. The molecule has 0 saturated carbocycles. The highest BCUT2D eigenvalue weighted by atomic mass is 32.2. The summed E-state index contributed by atoms with van der Waals surface area (Å²) in [5.74, 6) is 2.39. The molecule has 116 valence electrons. The molecule has 0 unspecified atom stereocenters. The number of hydrogen-bond donors (Lipinski definition) is 1. The third-order valence-corrected chi connectivity index (χ3v) is 5.00. The van der Waals surface area contributed by atoms with E-state index in [1.54, 1.807) is 0 Å². The first-order chi connectivity index (χ1) is 10.2. The number of aryl methyl sites for hydroxylation is 2. The van der Waals surface area contributed by atoms with Crippen molar-refractivity contribution in [1.29, 1.82) is 0 Å². The maximum Gasteiger partial charge on any atom is 0.0485 e. The molecule has 0 spiro atoms. The molecular formula is C18H28N2S. The molecule has 0 aliphatic heterocycles. The standard InChI is InChI=1S/C18H28N2S/c1-5-9-19-13-16-7-8-18-17(12-16)14(3)15(4)20(18)10-11-21-6-2/h7-8,12,19H,5-6,9-11,13H2,1-4H3. The van der Waals surface area contributed by atoms with Crippen LogP contribution in [-0.2, 0) is 13.1 Å².